The molecule has 0 radical (unpaired) electrons. The summed E-state index contributed by atoms with van der Waals surface area (Å²) in [5.74, 6) is 0.0703. The Balaban J connectivity index is 1.60. The molecule has 0 unspecified atom stereocenters. The maximum atomic E-state index is 13.0. The van der Waals surface area contributed by atoms with Crippen molar-refractivity contribution in [2.45, 2.75) is 13.5 Å². The molecule has 0 N–H and O–H groups in total. The van der Waals surface area contributed by atoms with Crippen LogP contribution in [0, 0.1) is 20.2 Å². The van der Waals surface area contributed by atoms with Gasteiger partial charge < -0.3 is 9.47 Å². The zero-order chi connectivity index (χ0) is 26.5. The Morgan fingerprint density at radius 3 is 2.38 bits per heavy atom. The minimum atomic E-state index is -0.755. The predicted octanol–water partition coefficient (Wildman–Crippen LogP) is 6.10. The first-order valence-corrected chi connectivity index (χ1v) is 12.2. The number of benzene rings is 3. The van der Waals surface area contributed by atoms with Crippen LogP contribution in [0.4, 0.5) is 11.4 Å². The molecule has 3 aromatic carbocycles. The normalized spacial score (nSPS) is 14.2. The van der Waals surface area contributed by atoms with E-state index < -0.39 is 21.2 Å². The van der Waals surface area contributed by atoms with Gasteiger partial charge in [-0.05, 0) is 42.3 Å². The van der Waals surface area contributed by atoms with Crippen LogP contribution in [0.3, 0.4) is 0 Å². The Hall–Kier alpha value is -4.29. The third kappa shape index (κ3) is 5.93. The van der Waals surface area contributed by atoms with Crippen molar-refractivity contribution >= 4 is 51.7 Å². The molecular weight excluding hydrogens is 518 g/mol. The number of non-ortho nitro benzene ring substituents is 1. The second-order valence-electron chi connectivity index (χ2n) is 7.66. The van der Waals surface area contributed by atoms with E-state index in [9.17, 15) is 25.0 Å². The summed E-state index contributed by atoms with van der Waals surface area (Å²) in [6, 6.07) is 17.5. The molecule has 0 bridgehead atoms. The van der Waals surface area contributed by atoms with Crippen molar-refractivity contribution in [3.8, 4) is 17.2 Å². The van der Waals surface area contributed by atoms with E-state index in [4.69, 9.17) is 21.7 Å². The number of nitrogens with zero attached hydrogens (tertiary/aromatic N) is 3. The summed E-state index contributed by atoms with van der Waals surface area (Å²) < 4.78 is 11.8. The lowest BCUT2D eigenvalue weighted by Crippen LogP contribution is -2.27. The van der Waals surface area contributed by atoms with Gasteiger partial charge in [-0.25, -0.2) is 0 Å². The van der Waals surface area contributed by atoms with Crippen LogP contribution in [-0.2, 0) is 11.3 Å². The van der Waals surface area contributed by atoms with Gasteiger partial charge in [-0.2, -0.15) is 0 Å². The molecule has 188 valence electrons. The number of hydrogen-bond acceptors (Lipinski definition) is 9. The molecule has 3 aromatic rings. The summed E-state index contributed by atoms with van der Waals surface area (Å²) in [6.07, 6.45) is 1.69. The molecule has 1 amide bonds. The quantitative estimate of drug-likeness (QED) is 0.138. The summed E-state index contributed by atoms with van der Waals surface area (Å²) in [5.41, 5.74) is 0.613. The highest BCUT2D eigenvalue weighted by Gasteiger charge is 2.32. The highest BCUT2D eigenvalue weighted by molar-refractivity contribution is 8.26. The molecule has 0 saturated carbocycles. The molecule has 12 heteroatoms. The number of carbonyl (C=O) groups excluding carboxylic acids is 1. The van der Waals surface area contributed by atoms with Crippen molar-refractivity contribution in [3.05, 3.63) is 103 Å². The smallest absolute Gasteiger partial charge is 0.318 e. The molecule has 1 aliphatic heterocycles. The van der Waals surface area contributed by atoms with Crippen molar-refractivity contribution < 1.29 is 24.1 Å². The van der Waals surface area contributed by atoms with Gasteiger partial charge in [-0.1, -0.05) is 60.4 Å². The number of hydrogen-bond donors (Lipinski definition) is 0. The van der Waals surface area contributed by atoms with Crippen molar-refractivity contribution in [1.82, 2.24) is 4.90 Å². The zero-order valence-electron chi connectivity index (χ0n) is 19.4. The minimum Gasteiger partial charge on any atom is -0.490 e. The molecule has 0 aromatic heterocycles. The maximum absolute atomic E-state index is 13.0. The molecule has 0 spiro atoms. The zero-order valence-corrected chi connectivity index (χ0v) is 21.0. The molecule has 1 aliphatic rings. The van der Waals surface area contributed by atoms with Crippen LogP contribution in [-0.4, -0.2) is 31.6 Å². The topological polar surface area (TPSA) is 125 Å². The van der Waals surface area contributed by atoms with E-state index >= 15 is 0 Å². The van der Waals surface area contributed by atoms with Gasteiger partial charge in [0.15, 0.2) is 11.5 Å². The number of rotatable bonds is 9. The van der Waals surface area contributed by atoms with Crippen LogP contribution < -0.4 is 9.47 Å². The molecule has 37 heavy (non-hydrogen) atoms. The van der Waals surface area contributed by atoms with E-state index in [0.717, 1.165) is 23.8 Å². The molecule has 0 atom stereocenters. The van der Waals surface area contributed by atoms with E-state index in [2.05, 4.69) is 0 Å². The van der Waals surface area contributed by atoms with Gasteiger partial charge in [0.25, 0.3) is 11.6 Å². The van der Waals surface area contributed by atoms with Crippen LogP contribution in [0.2, 0.25) is 0 Å². The van der Waals surface area contributed by atoms with E-state index in [0.29, 0.717) is 21.3 Å². The number of amides is 1. The average molecular weight is 538 g/mol. The molecule has 1 fully saturated rings. The lowest BCUT2D eigenvalue weighted by Gasteiger charge is -2.14. The summed E-state index contributed by atoms with van der Waals surface area (Å²) in [7, 11) is 0. The second kappa shape index (κ2) is 11.2. The minimum absolute atomic E-state index is 0.174. The monoisotopic (exact) mass is 537 g/mol. The molecule has 4 rings (SSSR count). The summed E-state index contributed by atoms with van der Waals surface area (Å²) in [6.45, 7) is 2.41. The number of nitro groups is 2. The van der Waals surface area contributed by atoms with E-state index in [1.54, 1.807) is 31.2 Å². The van der Waals surface area contributed by atoms with E-state index in [1.807, 2.05) is 30.3 Å². The Kier molecular flexibility index (Phi) is 7.80. The average Bonchev–Trinajstić information content (AvgIpc) is 3.13. The van der Waals surface area contributed by atoms with Gasteiger partial charge in [0.1, 0.15) is 4.32 Å². The van der Waals surface area contributed by atoms with Crippen molar-refractivity contribution in [3.63, 3.8) is 0 Å². The molecule has 10 nitrogen and oxygen atoms in total. The van der Waals surface area contributed by atoms with Crippen LogP contribution in [0.15, 0.2) is 71.6 Å². The fourth-order valence-electron chi connectivity index (χ4n) is 3.49. The van der Waals surface area contributed by atoms with Crippen LogP contribution in [0.25, 0.3) is 6.08 Å². The van der Waals surface area contributed by atoms with Gasteiger partial charge in [0.05, 0.1) is 34.0 Å². The molecular formula is C25H19N3O7S2. The molecule has 1 heterocycles. The second-order valence-corrected chi connectivity index (χ2v) is 9.34. The lowest BCUT2D eigenvalue weighted by molar-refractivity contribution is -0.394. The third-order valence-corrected chi connectivity index (χ3v) is 6.57. The number of thioether (sulfide) groups is 1. The maximum Gasteiger partial charge on any atom is 0.318 e. The van der Waals surface area contributed by atoms with Gasteiger partial charge in [0, 0.05) is 6.07 Å². The third-order valence-electron chi connectivity index (χ3n) is 5.19. The standard InChI is InChI=1S/C25H19N3O7S2/c1-2-34-22-12-17(13-23-24(29)26(25(36)37-23)15-16-6-4-3-5-7-16)8-10-21(22)35-20-11-9-18(27(30)31)14-19(20)28(32)33/h3-14H,2,15H2,1H3. The largest absolute Gasteiger partial charge is 0.490 e. The SMILES string of the molecule is CCOc1cc(C=C2SC(=S)N(Cc3ccccc3)C2=O)ccc1Oc1ccc([N+](=O)[O-])cc1[N+](=O)[O-]. The Morgan fingerprint density at radius 1 is 0.973 bits per heavy atom. The van der Waals surface area contributed by atoms with Crippen molar-refractivity contribution in [2.24, 2.45) is 0 Å². The summed E-state index contributed by atoms with van der Waals surface area (Å²) in [5, 5.41) is 22.5. The van der Waals surface area contributed by atoms with Gasteiger partial charge >= 0.3 is 5.69 Å². The van der Waals surface area contributed by atoms with E-state index in [-0.39, 0.29) is 29.8 Å². The number of thiocarbonyl (C=S) groups is 1. The number of nitro benzene ring substituents is 2. The van der Waals surface area contributed by atoms with Crippen molar-refractivity contribution in [2.75, 3.05) is 6.61 Å². The molecule has 0 aliphatic carbocycles. The first kappa shape index (κ1) is 25.8. The van der Waals surface area contributed by atoms with Crippen LogP contribution >= 0.6 is 24.0 Å². The summed E-state index contributed by atoms with van der Waals surface area (Å²) >= 11 is 6.61. The molecule has 1 saturated heterocycles. The Labute approximate surface area is 220 Å². The van der Waals surface area contributed by atoms with Gasteiger partial charge in [-0.15, -0.1) is 0 Å². The first-order chi connectivity index (χ1) is 17.8. The van der Waals surface area contributed by atoms with Crippen molar-refractivity contribution in [1.29, 1.82) is 0 Å². The van der Waals surface area contributed by atoms with Crippen LogP contribution in [0.5, 0.6) is 17.2 Å². The van der Waals surface area contributed by atoms with Gasteiger partial charge in [-0.3, -0.25) is 29.9 Å². The van der Waals surface area contributed by atoms with Gasteiger partial charge in [0.2, 0.25) is 5.75 Å². The number of carbonyl (C=O) groups is 1. The Bertz CT molecular complexity index is 1430. The Morgan fingerprint density at radius 2 is 1.70 bits per heavy atom. The van der Waals surface area contributed by atoms with E-state index in [1.165, 1.54) is 16.7 Å². The fraction of sp³-hybridized carbons (Fsp3) is 0.120. The fourth-order valence-corrected chi connectivity index (χ4v) is 4.74. The highest BCUT2D eigenvalue weighted by Crippen LogP contribution is 2.40. The predicted molar refractivity (Wildman–Crippen MR) is 143 cm³/mol. The number of ether oxygens (including phenoxy) is 2. The van der Waals surface area contributed by atoms with Crippen LogP contribution in [0.1, 0.15) is 18.1 Å². The lowest BCUT2D eigenvalue weighted by atomic mass is 10.1. The summed E-state index contributed by atoms with van der Waals surface area (Å²) in [4.78, 5) is 36.0. The first-order valence-electron chi connectivity index (χ1n) is 10.9. The highest BCUT2D eigenvalue weighted by atomic mass is 32.2.